The average molecular weight is 296 g/mol. The van der Waals surface area contributed by atoms with E-state index >= 15 is 0 Å². The molecular formula is C18H20N2O2. The lowest BCUT2D eigenvalue weighted by molar-refractivity contribution is 0.0342. The van der Waals surface area contributed by atoms with Crippen LogP contribution in [-0.4, -0.2) is 29.2 Å². The van der Waals surface area contributed by atoms with Crippen molar-refractivity contribution < 1.29 is 9.90 Å². The topological polar surface area (TPSA) is 52.6 Å². The fraction of sp³-hybridized carbons (Fsp3) is 0.278. The zero-order valence-electron chi connectivity index (χ0n) is 12.6. The number of carbonyl (C=O) groups is 1. The first kappa shape index (κ1) is 14.6. The van der Waals surface area contributed by atoms with Crippen molar-refractivity contribution in [3.05, 3.63) is 71.8 Å². The van der Waals surface area contributed by atoms with Crippen LogP contribution in [0.5, 0.6) is 0 Å². The number of hydrogen-bond donors (Lipinski definition) is 2. The normalized spacial score (nSPS) is 25.0. The number of piperazine rings is 1. The number of hydrogen-bond acceptors (Lipinski definition) is 2. The molecule has 0 aromatic heterocycles. The average Bonchev–Trinajstić information content (AvgIpc) is 2.56. The van der Waals surface area contributed by atoms with E-state index in [-0.39, 0.29) is 6.04 Å². The highest BCUT2D eigenvalue weighted by atomic mass is 16.4. The van der Waals surface area contributed by atoms with Crippen LogP contribution in [0.15, 0.2) is 60.7 Å². The highest BCUT2D eigenvalue weighted by Gasteiger charge is 2.46. The Hall–Kier alpha value is -2.33. The number of rotatable bonds is 2. The molecule has 2 unspecified atom stereocenters. The van der Waals surface area contributed by atoms with Crippen LogP contribution in [0.25, 0.3) is 0 Å². The van der Waals surface area contributed by atoms with Crippen LogP contribution in [0, 0.1) is 0 Å². The van der Waals surface area contributed by atoms with Gasteiger partial charge >= 0.3 is 6.09 Å². The Morgan fingerprint density at radius 1 is 1.14 bits per heavy atom. The molecule has 1 aliphatic rings. The molecule has 1 heterocycles. The molecule has 0 bridgehead atoms. The first-order valence-electron chi connectivity index (χ1n) is 7.48. The summed E-state index contributed by atoms with van der Waals surface area (Å²) in [6.07, 6.45) is -0.881. The van der Waals surface area contributed by atoms with Gasteiger partial charge in [-0.15, -0.1) is 0 Å². The van der Waals surface area contributed by atoms with Crippen LogP contribution in [-0.2, 0) is 5.54 Å². The summed E-state index contributed by atoms with van der Waals surface area (Å²) >= 11 is 0. The van der Waals surface area contributed by atoms with Crippen LogP contribution >= 0.6 is 0 Å². The number of benzene rings is 2. The third kappa shape index (κ3) is 2.35. The largest absolute Gasteiger partial charge is 0.465 e. The molecule has 2 aromatic carbocycles. The molecule has 3 rings (SSSR count). The quantitative estimate of drug-likeness (QED) is 0.894. The van der Waals surface area contributed by atoms with Crippen LogP contribution in [0.1, 0.15) is 24.1 Å². The van der Waals surface area contributed by atoms with Crippen molar-refractivity contribution in [3.8, 4) is 0 Å². The van der Waals surface area contributed by atoms with Crippen LogP contribution in [0.4, 0.5) is 4.79 Å². The van der Waals surface area contributed by atoms with Crippen LogP contribution < -0.4 is 5.32 Å². The minimum absolute atomic E-state index is 0.0825. The minimum Gasteiger partial charge on any atom is -0.465 e. The maximum atomic E-state index is 11.8. The van der Waals surface area contributed by atoms with Crippen molar-refractivity contribution >= 4 is 6.09 Å². The zero-order chi connectivity index (χ0) is 15.6. The SMILES string of the molecule is CC1(c2ccccc2)C(c2ccccc2)NCCN1C(=O)O. The van der Waals surface area contributed by atoms with Gasteiger partial charge < -0.3 is 10.4 Å². The molecule has 114 valence electrons. The Labute approximate surface area is 130 Å². The van der Waals surface area contributed by atoms with Gasteiger partial charge in [-0.1, -0.05) is 60.7 Å². The fourth-order valence-electron chi connectivity index (χ4n) is 3.39. The second-order valence-electron chi connectivity index (χ2n) is 5.75. The first-order valence-corrected chi connectivity index (χ1v) is 7.48. The van der Waals surface area contributed by atoms with Gasteiger partial charge in [-0.2, -0.15) is 0 Å². The predicted octanol–water partition coefficient (Wildman–Crippen LogP) is 3.23. The summed E-state index contributed by atoms with van der Waals surface area (Å²) in [6, 6.07) is 19.8. The molecule has 2 N–H and O–H groups in total. The van der Waals surface area contributed by atoms with Crippen molar-refractivity contribution in [1.29, 1.82) is 0 Å². The standard InChI is InChI=1S/C18H20N2O2/c1-18(15-10-6-3-7-11-15)16(14-8-4-2-5-9-14)19-12-13-20(18)17(21)22/h2-11,16,19H,12-13H2,1H3,(H,21,22). The minimum atomic E-state index is -0.881. The zero-order valence-corrected chi connectivity index (χ0v) is 12.6. The van der Waals surface area contributed by atoms with Gasteiger partial charge in [-0.25, -0.2) is 4.79 Å². The lowest BCUT2D eigenvalue weighted by Crippen LogP contribution is -2.60. The van der Waals surface area contributed by atoms with E-state index < -0.39 is 11.6 Å². The number of carboxylic acid groups (broad SMARTS) is 1. The fourth-order valence-corrected chi connectivity index (χ4v) is 3.39. The predicted molar refractivity (Wildman–Crippen MR) is 85.7 cm³/mol. The third-order valence-corrected chi connectivity index (χ3v) is 4.53. The van der Waals surface area contributed by atoms with Crippen molar-refractivity contribution in [1.82, 2.24) is 10.2 Å². The molecule has 2 aromatic rings. The van der Waals surface area contributed by atoms with Gasteiger partial charge in [0.2, 0.25) is 0 Å². The molecule has 0 radical (unpaired) electrons. The Morgan fingerprint density at radius 3 is 2.32 bits per heavy atom. The molecule has 1 aliphatic heterocycles. The van der Waals surface area contributed by atoms with Gasteiger partial charge in [0, 0.05) is 13.1 Å². The van der Waals surface area contributed by atoms with Gasteiger partial charge in [0.25, 0.3) is 0 Å². The summed E-state index contributed by atoms with van der Waals surface area (Å²) < 4.78 is 0. The van der Waals surface area contributed by atoms with Gasteiger partial charge in [0.05, 0.1) is 11.6 Å². The molecule has 1 saturated heterocycles. The molecule has 0 aliphatic carbocycles. The lowest BCUT2D eigenvalue weighted by atomic mass is 9.78. The third-order valence-electron chi connectivity index (χ3n) is 4.53. The van der Waals surface area contributed by atoms with Crippen molar-refractivity contribution in [2.45, 2.75) is 18.5 Å². The molecule has 1 fully saturated rings. The Bertz CT molecular complexity index is 645. The van der Waals surface area contributed by atoms with E-state index in [0.717, 1.165) is 11.1 Å². The summed E-state index contributed by atoms with van der Waals surface area (Å²) in [4.78, 5) is 13.4. The van der Waals surface area contributed by atoms with E-state index in [9.17, 15) is 9.90 Å². The second kappa shape index (κ2) is 5.81. The summed E-state index contributed by atoms with van der Waals surface area (Å²) in [6.45, 7) is 3.12. The van der Waals surface area contributed by atoms with E-state index in [4.69, 9.17) is 0 Å². The second-order valence-corrected chi connectivity index (χ2v) is 5.75. The van der Waals surface area contributed by atoms with E-state index in [0.29, 0.717) is 13.1 Å². The van der Waals surface area contributed by atoms with Gasteiger partial charge in [0.1, 0.15) is 0 Å². The van der Waals surface area contributed by atoms with E-state index in [1.807, 2.05) is 67.6 Å². The van der Waals surface area contributed by atoms with E-state index in [2.05, 4.69) is 5.32 Å². The van der Waals surface area contributed by atoms with Crippen molar-refractivity contribution in [3.63, 3.8) is 0 Å². The molecule has 2 atom stereocenters. The van der Waals surface area contributed by atoms with Crippen LogP contribution in [0.2, 0.25) is 0 Å². The van der Waals surface area contributed by atoms with E-state index in [1.165, 1.54) is 0 Å². The summed E-state index contributed by atoms with van der Waals surface area (Å²) in [5.74, 6) is 0. The van der Waals surface area contributed by atoms with E-state index in [1.54, 1.807) is 4.90 Å². The molecule has 1 amide bonds. The van der Waals surface area contributed by atoms with Gasteiger partial charge in [0.15, 0.2) is 0 Å². The molecule has 4 nitrogen and oxygen atoms in total. The number of nitrogens with zero attached hydrogens (tertiary/aromatic N) is 1. The maximum absolute atomic E-state index is 11.8. The Kier molecular flexibility index (Phi) is 3.86. The van der Waals surface area contributed by atoms with Crippen molar-refractivity contribution in [2.24, 2.45) is 0 Å². The highest BCUT2D eigenvalue weighted by molar-refractivity contribution is 5.67. The van der Waals surface area contributed by atoms with Gasteiger partial charge in [-0.3, -0.25) is 4.90 Å². The summed E-state index contributed by atoms with van der Waals surface area (Å²) in [7, 11) is 0. The Morgan fingerprint density at radius 2 is 1.73 bits per heavy atom. The summed E-state index contributed by atoms with van der Waals surface area (Å²) in [5.41, 5.74) is 1.45. The number of nitrogens with one attached hydrogen (secondary N) is 1. The molecular weight excluding hydrogens is 276 g/mol. The molecule has 22 heavy (non-hydrogen) atoms. The highest BCUT2D eigenvalue weighted by Crippen LogP contribution is 2.42. The molecule has 0 saturated carbocycles. The molecule has 4 heteroatoms. The van der Waals surface area contributed by atoms with Gasteiger partial charge in [-0.05, 0) is 18.1 Å². The molecule has 0 spiro atoms. The summed E-state index contributed by atoms with van der Waals surface area (Å²) in [5, 5.41) is 13.2. The maximum Gasteiger partial charge on any atom is 0.408 e. The Balaban J connectivity index is 2.13. The first-order chi connectivity index (χ1) is 10.6. The monoisotopic (exact) mass is 296 g/mol. The smallest absolute Gasteiger partial charge is 0.408 e. The van der Waals surface area contributed by atoms with Crippen molar-refractivity contribution in [2.75, 3.05) is 13.1 Å². The van der Waals surface area contributed by atoms with Crippen LogP contribution in [0.3, 0.4) is 0 Å². The number of amides is 1. The lowest BCUT2D eigenvalue weighted by Gasteiger charge is -2.49.